The number of phenolic OH excluding ortho intramolecular Hbond substituents is 1. The second-order valence-corrected chi connectivity index (χ2v) is 5.61. The molecule has 0 saturated heterocycles. The standard InChI is InChI=1S/C11H11NO3S/c1-16(14,15)10-6-9(13)11(12)8-5-3-2-4-7(8)10/h2-6,13H,12H2,1H3. The lowest BCUT2D eigenvalue weighted by molar-refractivity contribution is 0.477. The van der Waals surface area contributed by atoms with Gasteiger partial charge in [0.25, 0.3) is 0 Å². The minimum atomic E-state index is -3.38. The van der Waals surface area contributed by atoms with Gasteiger partial charge >= 0.3 is 0 Å². The molecule has 0 saturated carbocycles. The number of rotatable bonds is 1. The van der Waals surface area contributed by atoms with E-state index in [4.69, 9.17) is 5.73 Å². The maximum atomic E-state index is 11.6. The van der Waals surface area contributed by atoms with E-state index in [1.807, 2.05) is 0 Å². The monoisotopic (exact) mass is 237 g/mol. The Bertz CT molecular complexity index is 662. The zero-order valence-corrected chi connectivity index (χ0v) is 9.45. The zero-order chi connectivity index (χ0) is 11.9. The smallest absolute Gasteiger partial charge is 0.176 e. The third-order valence-electron chi connectivity index (χ3n) is 2.43. The molecule has 84 valence electrons. The number of nitrogen functional groups attached to an aromatic ring is 1. The average molecular weight is 237 g/mol. The van der Waals surface area contributed by atoms with Gasteiger partial charge in [0, 0.05) is 23.1 Å². The highest BCUT2D eigenvalue weighted by Crippen LogP contribution is 2.34. The topological polar surface area (TPSA) is 80.4 Å². The SMILES string of the molecule is CS(=O)(=O)c1cc(O)c(N)c2ccccc12. The Hall–Kier alpha value is -1.75. The van der Waals surface area contributed by atoms with Crippen LogP contribution in [0.4, 0.5) is 5.69 Å². The van der Waals surface area contributed by atoms with Crippen LogP contribution in [0.15, 0.2) is 35.2 Å². The van der Waals surface area contributed by atoms with E-state index in [1.165, 1.54) is 6.07 Å². The molecule has 0 radical (unpaired) electrons. The first kappa shape index (κ1) is 10.8. The lowest BCUT2D eigenvalue weighted by Gasteiger charge is -2.09. The highest BCUT2D eigenvalue weighted by Gasteiger charge is 2.15. The van der Waals surface area contributed by atoms with Crippen molar-refractivity contribution in [2.75, 3.05) is 12.0 Å². The van der Waals surface area contributed by atoms with Crippen LogP contribution in [0.5, 0.6) is 5.75 Å². The van der Waals surface area contributed by atoms with Crippen molar-refractivity contribution >= 4 is 26.3 Å². The molecule has 0 fully saturated rings. The minimum Gasteiger partial charge on any atom is -0.506 e. The largest absolute Gasteiger partial charge is 0.506 e. The van der Waals surface area contributed by atoms with Crippen LogP contribution in [-0.4, -0.2) is 19.8 Å². The Balaban J connectivity index is 3.02. The number of aromatic hydroxyl groups is 1. The van der Waals surface area contributed by atoms with Gasteiger partial charge in [-0.2, -0.15) is 0 Å². The number of phenols is 1. The molecule has 3 N–H and O–H groups in total. The summed E-state index contributed by atoms with van der Waals surface area (Å²) in [5, 5.41) is 10.6. The highest BCUT2D eigenvalue weighted by molar-refractivity contribution is 7.91. The van der Waals surface area contributed by atoms with Crippen molar-refractivity contribution in [3.63, 3.8) is 0 Å². The van der Waals surface area contributed by atoms with Gasteiger partial charge in [-0.15, -0.1) is 0 Å². The van der Waals surface area contributed by atoms with Crippen LogP contribution in [0.1, 0.15) is 0 Å². The average Bonchev–Trinajstić information content (AvgIpc) is 2.22. The summed E-state index contributed by atoms with van der Waals surface area (Å²) in [6.45, 7) is 0. The quantitative estimate of drug-likeness (QED) is 0.582. The molecule has 0 heterocycles. The van der Waals surface area contributed by atoms with Crippen LogP contribution in [0.25, 0.3) is 10.8 Å². The van der Waals surface area contributed by atoms with Crippen molar-refractivity contribution < 1.29 is 13.5 Å². The first-order valence-electron chi connectivity index (χ1n) is 4.61. The Morgan fingerprint density at radius 2 is 1.75 bits per heavy atom. The van der Waals surface area contributed by atoms with Crippen molar-refractivity contribution in [2.45, 2.75) is 4.90 Å². The van der Waals surface area contributed by atoms with Crippen molar-refractivity contribution in [3.05, 3.63) is 30.3 Å². The van der Waals surface area contributed by atoms with E-state index in [0.29, 0.717) is 10.8 Å². The molecule has 0 aliphatic heterocycles. The van der Waals surface area contributed by atoms with Crippen LogP contribution in [0, 0.1) is 0 Å². The molecular formula is C11H11NO3S. The second kappa shape index (κ2) is 3.38. The first-order valence-corrected chi connectivity index (χ1v) is 6.50. The number of anilines is 1. The summed E-state index contributed by atoms with van der Waals surface area (Å²) in [6, 6.07) is 8.01. The van der Waals surface area contributed by atoms with Gasteiger partial charge in [0.2, 0.25) is 0 Å². The summed E-state index contributed by atoms with van der Waals surface area (Å²) < 4.78 is 23.1. The third kappa shape index (κ3) is 1.59. The van der Waals surface area contributed by atoms with Gasteiger partial charge in [-0.25, -0.2) is 8.42 Å². The predicted molar refractivity (Wildman–Crippen MR) is 63.1 cm³/mol. The molecule has 0 aliphatic rings. The fraction of sp³-hybridized carbons (Fsp3) is 0.0909. The highest BCUT2D eigenvalue weighted by atomic mass is 32.2. The van der Waals surface area contributed by atoms with E-state index in [1.54, 1.807) is 24.3 Å². The van der Waals surface area contributed by atoms with Crippen molar-refractivity contribution in [3.8, 4) is 5.75 Å². The van der Waals surface area contributed by atoms with Crippen LogP contribution in [-0.2, 0) is 9.84 Å². The maximum Gasteiger partial charge on any atom is 0.176 e. The van der Waals surface area contributed by atoms with Gasteiger partial charge in [-0.3, -0.25) is 0 Å². The van der Waals surface area contributed by atoms with E-state index >= 15 is 0 Å². The Morgan fingerprint density at radius 3 is 2.31 bits per heavy atom. The third-order valence-corrected chi connectivity index (χ3v) is 3.56. The van der Waals surface area contributed by atoms with E-state index in [9.17, 15) is 13.5 Å². The molecule has 4 nitrogen and oxygen atoms in total. The molecule has 5 heteroatoms. The van der Waals surface area contributed by atoms with Gasteiger partial charge in [-0.05, 0) is 0 Å². The Labute approximate surface area is 93.2 Å². The number of nitrogens with two attached hydrogens (primary N) is 1. The molecule has 2 aromatic rings. The molecule has 0 bridgehead atoms. The van der Waals surface area contributed by atoms with Crippen molar-refractivity contribution in [1.29, 1.82) is 0 Å². The minimum absolute atomic E-state index is 0.0924. The van der Waals surface area contributed by atoms with Crippen molar-refractivity contribution in [2.24, 2.45) is 0 Å². The number of benzene rings is 2. The Kier molecular flexibility index (Phi) is 2.27. The van der Waals surface area contributed by atoms with Gasteiger partial charge in [0.1, 0.15) is 5.75 Å². The van der Waals surface area contributed by atoms with Crippen LogP contribution in [0.3, 0.4) is 0 Å². The fourth-order valence-corrected chi connectivity index (χ4v) is 2.56. The molecule has 16 heavy (non-hydrogen) atoms. The molecule has 2 rings (SSSR count). The van der Waals surface area contributed by atoms with Crippen molar-refractivity contribution in [1.82, 2.24) is 0 Å². The van der Waals surface area contributed by atoms with Gasteiger partial charge in [0.15, 0.2) is 9.84 Å². The molecule has 0 unspecified atom stereocenters. The molecular weight excluding hydrogens is 226 g/mol. The second-order valence-electron chi connectivity index (χ2n) is 3.63. The number of sulfone groups is 1. The van der Waals surface area contributed by atoms with Crippen LogP contribution >= 0.6 is 0 Å². The van der Waals surface area contributed by atoms with Crippen LogP contribution < -0.4 is 5.73 Å². The maximum absolute atomic E-state index is 11.6. The lowest BCUT2D eigenvalue weighted by Crippen LogP contribution is -2.00. The Morgan fingerprint density at radius 1 is 1.19 bits per heavy atom. The summed E-state index contributed by atoms with van der Waals surface area (Å²) in [7, 11) is -3.38. The summed E-state index contributed by atoms with van der Waals surface area (Å²) >= 11 is 0. The van der Waals surface area contributed by atoms with Gasteiger partial charge < -0.3 is 10.8 Å². The molecule has 0 spiro atoms. The molecule has 2 aromatic carbocycles. The molecule has 0 aromatic heterocycles. The van der Waals surface area contributed by atoms with E-state index in [0.717, 1.165) is 6.26 Å². The van der Waals surface area contributed by atoms with Gasteiger partial charge in [-0.1, -0.05) is 24.3 Å². The summed E-state index contributed by atoms with van der Waals surface area (Å²) in [6.07, 6.45) is 1.10. The number of hydrogen-bond acceptors (Lipinski definition) is 4. The van der Waals surface area contributed by atoms with E-state index in [2.05, 4.69) is 0 Å². The fourth-order valence-electron chi connectivity index (χ4n) is 1.66. The molecule has 0 amide bonds. The van der Waals surface area contributed by atoms with Crippen LogP contribution in [0.2, 0.25) is 0 Å². The number of fused-ring (bicyclic) bond motifs is 1. The predicted octanol–water partition coefficient (Wildman–Crippen LogP) is 1.53. The van der Waals surface area contributed by atoms with E-state index in [-0.39, 0.29) is 16.3 Å². The first-order chi connectivity index (χ1) is 7.41. The molecule has 0 atom stereocenters. The summed E-state index contributed by atoms with van der Waals surface area (Å²) in [5.41, 5.74) is 5.88. The molecule has 0 aliphatic carbocycles. The lowest BCUT2D eigenvalue weighted by atomic mass is 10.1. The normalized spacial score (nSPS) is 11.8. The summed E-state index contributed by atoms with van der Waals surface area (Å²) in [5.74, 6) is -0.209. The summed E-state index contributed by atoms with van der Waals surface area (Å²) in [4.78, 5) is 0.0924. The number of hydrogen-bond donors (Lipinski definition) is 2. The van der Waals surface area contributed by atoms with E-state index < -0.39 is 9.84 Å². The van der Waals surface area contributed by atoms with Gasteiger partial charge in [0.05, 0.1) is 10.6 Å². The zero-order valence-electron chi connectivity index (χ0n) is 8.64.